The van der Waals surface area contributed by atoms with Crippen LogP contribution in [0.5, 0.6) is 0 Å². The van der Waals surface area contributed by atoms with Gasteiger partial charge in [0, 0.05) is 19.0 Å². The molecule has 8 heteroatoms. The van der Waals surface area contributed by atoms with Gasteiger partial charge in [0.25, 0.3) is 0 Å². The maximum atomic E-state index is 12.6. The largest absolute Gasteiger partial charge is 0.480 e. The van der Waals surface area contributed by atoms with Crippen LogP contribution in [-0.2, 0) is 17.5 Å². The minimum absolute atomic E-state index is 0.188. The van der Waals surface area contributed by atoms with Crippen LogP contribution in [-0.4, -0.2) is 42.5 Å². The standard InChI is InChI=1S/C18H24BF3N2O2/c19-9-2-1-8-17(23,16(25)26)15-7-10-24(12-15)11-13-3-5-14(6-4-13)18(20,21)22/h3-6,15H,1-2,7-12,23H2,(H,25,26). The number of carboxylic acid groups (broad SMARTS) is 1. The Balaban J connectivity index is 1.97. The van der Waals surface area contributed by atoms with Gasteiger partial charge in [0.1, 0.15) is 5.54 Å². The average molecular weight is 368 g/mol. The molecule has 0 bridgehead atoms. The van der Waals surface area contributed by atoms with Crippen molar-refractivity contribution in [3.63, 3.8) is 0 Å². The van der Waals surface area contributed by atoms with Gasteiger partial charge >= 0.3 is 12.1 Å². The first-order valence-corrected chi connectivity index (χ1v) is 8.77. The third kappa shape index (κ3) is 5.01. The van der Waals surface area contributed by atoms with Gasteiger partial charge in [-0.1, -0.05) is 31.3 Å². The van der Waals surface area contributed by atoms with Crippen LogP contribution in [0.4, 0.5) is 13.2 Å². The molecular formula is C18H24BF3N2O2. The zero-order valence-corrected chi connectivity index (χ0v) is 14.6. The maximum absolute atomic E-state index is 12.6. The molecule has 1 aliphatic heterocycles. The summed E-state index contributed by atoms with van der Waals surface area (Å²) in [5.74, 6) is -1.19. The Morgan fingerprint density at radius 2 is 1.92 bits per heavy atom. The Morgan fingerprint density at radius 1 is 1.27 bits per heavy atom. The minimum atomic E-state index is -4.35. The van der Waals surface area contributed by atoms with E-state index in [0.29, 0.717) is 45.2 Å². The van der Waals surface area contributed by atoms with E-state index in [1.807, 2.05) is 4.90 Å². The van der Waals surface area contributed by atoms with E-state index in [4.69, 9.17) is 13.6 Å². The molecule has 1 heterocycles. The molecule has 0 spiro atoms. The molecule has 2 rings (SSSR count). The fourth-order valence-corrected chi connectivity index (χ4v) is 3.50. The summed E-state index contributed by atoms with van der Waals surface area (Å²) >= 11 is 0. The number of rotatable bonds is 8. The fraction of sp³-hybridized carbons (Fsp3) is 0.611. The lowest BCUT2D eigenvalue weighted by atomic mass is 9.79. The van der Waals surface area contributed by atoms with E-state index in [9.17, 15) is 23.1 Å². The Labute approximate surface area is 153 Å². The zero-order valence-electron chi connectivity index (χ0n) is 14.6. The molecule has 1 aromatic rings. The smallest absolute Gasteiger partial charge is 0.416 e. The summed E-state index contributed by atoms with van der Waals surface area (Å²) in [6.07, 6.45) is -1.42. The second-order valence-corrected chi connectivity index (χ2v) is 7.01. The molecular weight excluding hydrogens is 344 g/mol. The number of hydrogen-bond acceptors (Lipinski definition) is 3. The predicted molar refractivity (Wildman–Crippen MR) is 93.8 cm³/mol. The molecule has 26 heavy (non-hydrogen) atoms. The number of nitrogens with two attached hydrogens (primary N) is 1. The van der Waals surface area contributed by atoms with Crippen LogP contribution in [0.3, 0.4) is 0 Å². The van der Waals surface area contributed by atoms with Gasteiger partial charge in [-0.15, -0.1) is 0 Å². The molecule has 2 atom stereocenters. The second kappa shape index (κ2) is 8.44. The van der Waals surface area contributed by atoms with Gasteiger partial charge in [-0.25, -0.2) is 0 Å². The number of nitrogens with zero attached hydrogens (tertiary/aromatic N) is 1. The number of hydrogen-bond donors (Lipinski definition) is 2. The zero-order chi connectivity index (χ0) is 19.4. The van der Waals surface area contributed by atoms with Gasteiger partial charge in [-0.05, 0) is 37.1 Å². The van der Waals surface area contributed by atoms with Gasteiger partial charge in [0.05, 0.1) is 13.4 Å². The highest BCUT2D eigenvalue weighted by molar-refractivity contribution is 6.08. The molecule has 2 radical (unpaired) electrons. The van der Waals surface area contributed by atoms with E-state index in [-0.39, 0.29) is 5.92 Å². The maximum Gasteiger partial charge on any atom is 0.416 e. The molecule has 1 aliphatic rings. The van der Waals surface area contributed by atoms with Gasteiger partial charge < -0.3 is 10.8 Å². The summed E-state index contributed by atoms with van der Waals surface area (Å²) in [6.45, 7) is 1.67. The second-order valence-electron chi connectivity index (χ2n) is 7.01. The molecule has 3 N–H and O–H groups in total. The third-order valence-electron chi connectivity index (χ3n) is 5.13. The van der Waals surface area contributed by atoms with Crippen molar-refractivity contribution in [3.05, 3.63) is 35.4 Å². The monoisotopic (exact) mass is 368 g/mol. The van der Waals surface area contributed by atoms with Crippen molar-refractivity contribution in [2.24, 2.45) is 11.7 Å². The van der Waals surface area contributed by atoms with E-state index in [1.165, 1.54) is 12.1 Å². The van der Waals surface area contributed by atoms with Crippen LogP contribution in [0.15, 0.2) is 24.3 Å². The number of halogens is 3. The number of unbranched alkanes of at least 4 members (excludes halogenated alkanes) is 1. The third-order valence-corrected chi connectivity index (χ3v) is 5.13. The number of benzene rings is 1. The topological polar surface area (TPSA) is 66.6 Å². The van der Waals surface area contributed by atoms with Crippen molar-refractivity contribution < 1.29 is 23.1 Å². The molecule has 142 valence electrons. The molecule has 0 saturated carbocycles. The van der Waals surface area contributed by atoms with Crippen molar-refractivity contribution in [2.45, 2.75) is 50.3 Å². The summed E-state index contributed by atoms with van der Waals surface area (Å²) in [5.41, 5.74) is 5.02. The first-order chi connectivity index (χ1) is 12.2. The lowest BCUT2D eigenvalue weighted by molar-refractivity contribution is -0.146. The lowest BCUT2D eigenvalue weighted by Crippen LogP contribution is -2.55. The number of aliphatic carboxylic acids is 1. The average Bonchev–Trinajstić information content (AvgIpc) is 3.03. The van der Waals surface area contributed by atoms with Crippen molar-refractivity contribution in [1.82, 2.24) is 4.90 Å². The minimum Gasteiger partial charge on any atom is -0.480 e. The van der Waals surface area contributed by atoms with E-state index < -0.39 is 23.2 Å². The summed E-state index contributed by atoms with van der Waals surface area (Å²) in [4.78, 5) is 13.8. The van der Waals surface area contributed by atoms with E-state index in [2.05, 4.69) is 0 Å². The Hall–Kier alpha value is -1.54. The molecule has 0 amide bonds. The summed E-state index contributed by atoms with van der Waals surface area (Å²) in [6, 6.07) is 5.06. The van der Waals surface area contributed by atoms with Gasteiger partial charge in [-0.2, -0.15) is 13.2 Å². The molecule has 4 nitrogen and oxygen atoms in total. The normalized spacial score (nSPS) is 20.8. The Kier molecular flexibility index (Phi) is 6.74. The van der Waals surface area contributed by atoms with Crippen LogP contribution in [0.25, 0.3) is 0 Å². The number of alkyl halides is 3. The van der Waals surface area contributed by atoms with Crippen molar-refractivity contribution >= 4 is 13.8 Å². The van der Waals surface area contributed by atoms with Gasteiger partial charge in [0.2, 0.25) is 0 Å². The molecule has 0 aromatic heterocycles. The van der Waals surface area contributed by atoms with Crippen LogP contribution in [0.1, 0.15) is 36.8 Å². The molecule has 0 aliphatic carbocycles. The molecule has 2 unspecified atom stereocenters. The molecule has 1 aromatic carbocycles. The van der Waals surface area contributed by atoms with Crippen LogP contribution >= 0.6 is 0 Å². The van der Waals surface area contributed by atoms with Crippen LogP contribution in [0.2, 0.25) is 6.32 Å². The Bertz CT molecular complexity index is 609. The summed E-state index contributed by atoms with van der Waals surface area (Å²) in [5, 5.41) is 9.59. The molecule has 1 saturated heterocycles. The first-order valence-electron chi connectivity index (χ1n) is 8.77. The number of carbonyl (C=O) groups is 1. The van der Waals surface area contributed by atoms with E-state index >= 15 is 0 Å². The first kappa shape index (κ1) is 20.8. The molecule has 1 fully saturated rings. The van der Waals surface area contributed by atoms with Gasteiger partial charge in [-0.3, -0.25) is 9.69 Å². The SMILES string of the molecule is [B]CCCCC(N)(C(=O)O)C1CCN(Cc2ccc(C(F)(F)F)cc2)C1. The van der Waals surface area contributed by atoms with Crippen molar-refractivity contribution in [1.29, 1.82) is 0 Å². The lowest BCUT2D eigenvalue weighted by Gasteiger charge is -2.31. The highest BCUT2D eigenvalue weighted by atomic mass is 19.4. The quantitative estimate of drug-likeness (QED) is 0.547. The van der Waals surface area contributed by atoms with Crippen LogP contribution in [0, 0.1) is 5.92 Å². The highest BCUT2D eigenvalue weighted by Crippen LogP contribution is 2.32. The predicted octanol–water partition coefficient (Wildman–Crippen LogP) is 3.07. The van der Waals surface area contributed by atoms with Crippen molar-refractivity contribution in [3.8, 4) is 0 Å². The summed E-state index contributed by atoms with van der Waals surface area (Å²) in [7, 11) is 5.47. The van der Waals surface area contributed by atoms with E-state index in [1.54, 1.807) is 0 Å². The van der Waals surface area contributed by atoms with Gasteiger partial charge in [0.15, 0.2) is 0 Å². The highest BCUT2D eigenvalue weighted by Gasteiger charge is 2.44. The number of carboxylic acids is 1. The summed E-state index contributed by atoms with van der Waals surface area (Å²) < 4.78 is 37.9. The van der Waals surface area contributed by atoms with E-state index in [0.717, 1.165) is 24.1 Å². The van der Waals surface area contributed by atoms with Crippen LogP contribution < -0.4 is 5.73 Å². The number of likely N-dealkylation sites (tertiary alicyclic amines) is 1. The van der Waals surface area contributed by atoms with Crippen molar-refractivity contribution in [2.75, 3.05) is 13.1 Å². The fourth-order valence-electron chi connectivity index (χ4n) is 3.50. The Morgan fingerprint density at radius 3 is 2.46 bits per heavy atom.